The van der Waals surface area contributed by atoms with Crippen molar-refractivity contribution in [2.45, 2.75) is 106 Å². The Morgan fingerprint density at radius 3 is 1.89 bits per heavy atom. The minimum absolute atomic E-state index is 0.363. The van der Waals surface area contributed by atoms with Crippen LogP contribution in [0.4, 0.5) is 11.4 Å². The summed E-state index contributed by atoms with van der Waals surface area (Å²) in [6.45, 7) is 14.0. The summed E-state index contributed by atoms with van der Waals surface area (Å²) in [5.74, 6) is 3.78. The molecule has 0 aromatic heterocycles. The molecule has 250 valence electrons. The molecule has 2 rings (SSSR count). The van der Waals surface area contributed by atoms with Gasteiger partial charge in [0.1, 0.15) is 0 Å². The summed E-state index contributed by atoms with van der Waals surface area (Å²) in [6.07, 6.45) is 15.9. The molecular weight excluding hydrogens is 564 g/mol. The summed E-state index contributed by atoms with van der Waals surface area (Å²) < 4.78 is 23.4. The molecule has 0 aliphatic carbocycles. The van der Waals surface area contributed by atoms with Gasteiger partial charge in [-0.2, -0.15) is 0 Å². The number of carbonyl (C=O) groups excluding carboxylic acids is 1. The van der Waals surface area contributed by atoms with Crippen molar-refractivity contribution >= 4 is 30.1 Å². The van der Waals surface area contributed by atoms with E-state index in [0.717, 1.165) is 56.1 Å². The molecule has 0 N–H and O–H groups in total. The number of ether oxygens (including phenoxy) is 4. The normalized spacial score (nSPS) is 13.6. The Morgan fingerprint density at radius 1 is 0.711 bits per heavy atom. The van der Waals surface area contributed by atoms with E-state index in [-0.39, 0.29) is 0 Å². The second-order valence-corrected chi connectivity index (χ2v) is 12.0. The zero-order chi connectivity index (χ0) is 33.0. The maximum Gasteiger partial charge on any atom is 0.163 e. The van der Waals surface area contributed by atoms with Crippen LogP contribution in [0.3, 0.4) is 0 Å². The Morgan fingerprint density at radius 2 is 1.31 bits per heavy atom. The maximum absolute atomic E-state index is 11.9. The van der Waals surface area contributed by atoms with Gasteiger partial charge in [-0.15, -0.1) is 0 Å². The number of carbonyl (C=O) groups is 1. The molecule has 3 atom stereocenters. The monoisotopic (exact) mass is 622 g/mol. The summed E-state index contributed by atoms with van der Waals surface area (Å²) in [4.78, 5) is 21.5. The summed E-state index contributed by atoms with van der Waals surface area (Å²) in [7, 11) is 3.23. The molecule has 45 heavy (non-hydrogen) atoms. The SMILES string of the molecule is CCCCC(C=Nc1cc(OCCCOc2cc(N=CC(CCCC)C(C)CC)c(C=O)cc2OC)c(OC)cc1C)CCC. The van der Waals surface area contributed by atoms with Crippen LogP contribution in [-0.4, -0.2) is 46.1 Å². The third kappa shape index (κ3) is 12.5. The van der Waals surface area contributed by atoms with E-state index in [1.165, 1.54) is 19.3 Å². The summed E-state index contributed by atoms with van der Waals surface area (Å²) in [5, 5.41) is 0. The Balaban J connectivity index is 2.11. The number of hydrogen-bond acceptors (Lipinski definition) is 7. The number of hydrogen-bond donors (Lipinski definition) is 0. The first-order valence-electron chi connectivity index (χ1n) is 17.0. The maximum atomic E-state index is 11.9. The minimum Gasteiger partial charge on any atom is -0.493 e. The number of benzene rings is 2. The van der Waals surface area contributed by atoms with E-state index in [1.807, 2.05) is 25.3 Å². The number of methoxy groups -OCH3 is 2. The van der Waals surface area contributed by atoms with E-state index in [9.17, 15) is 4.79 Å². The highest BCUT2D eigenvalue weighted by Gasteiger charge is 2.16. The van der Waals surface area contributed by atoms with E-state index < -0.39 is 0 Å². The summed E-state index contributed by atoms with van der Waals surface area (Å²) in [5.41, 5.74) is 3.02. The lowest BCUT2D eigenvalue weighted by molar-refractivity contribution is 0.112. The molecular formula is C38H58N2O5. The molecule has 7 nitrogen and oxygen atoms in total. The lowest BCUT2D eigenvalue weighted by atomic mass is 9.88. The predicted molar refractivity (Wildman–Crippen MR) is 188 cm³/mol. The van der Waals surface area contributed by atoms with Crippen LogP contribution in [0.25, 0.3) is 0 Å². The van der Waals surface area contributed by atoms with E-state index in [0.29, 0.717) is 71.6 Å². The van der Waals surface area contributed by atoms with Gasteiger partial charge in [0.15, 0.2) is 29.3 Å². The van der Waals surface area contributed by atoms with Gasteiger partial charge in [0.05, 0.1) is 38.8 Å². The van der Waals surface area contributed by atoms with Gasteiger partial charge >= 0.3 is 0 Å². The quantitative estimate of drug-likeness (QED) is 0.0700. The number of aldehydes is 1. The van der Waals surface area contributed by atoms with Crippen molar-refractivity contribution in [3.8, 4) is 23.0 Å². The zero-order valence-electron chi connectivity index (χ0n) is 29.2. The molecule has 0 fully saturated rings. The first-order chi connectivity index (χ1) is 21.8. The first kappa shape index (κ1) is 37.8. The van der Waals surface area contributed by atoms with Crippen molar-refractivity contribution in [3.63, 3.8) is 0 Å². The molecule has 0 spiro atoms. The van der Waals surface area contributed by atoms with E-state index in [2.05, 4.69) is 40.8 Å². The van der Waals surface area contributed by atoms with Gasteiger partial charge in [-0.3, -0.25) is 14.8 Å². The predicted octanol–water partition coefficient (Wildman–Crippen LogP) is 10.5. The minimum atomic E-state index is 0.363. The van der Waals surface area contributed by atoms with Gasteiger partial charge in [0, 0.05) is 36.5 Å². The second kappa shape index (κ2) is 21.4. The Bertz CT molecular complexity index is 1210. The molecule has 0 bridgehead atoms. The fourth-order valence-electron chi connectivity index (χ4n) is 5.27. The highest BCUT2D eigenvalue weighted by atomic mass is 16.5. The van der Waals surface area contributed by atoms with E-state index >= 15 is 0 Å². The van der Waals surface area contributed by atoms with Crippen LogP contribution in [0.2, 0.25) is 0 Å². The Kier molecular flexibility index (Phi) is 18.0. The molecule has 0 radical (unpaired) electrons. The largest absolute Gasteiger partial charge is 0.493 e. The topological polar surface area (TPSA) is 78.7 Å². The molecule has 0 saturated heterocycles. The van der Waals surface area contributed by atoms with Gasteiger partial charge < -0.3 is 18.9 Å². The molecule has 2 aromatic carbocycles. The first-order valence-corrected chi connectivity index (χ1v) is 17.0. The van der Waals surface area contributed by atoms with Gasteiger partial charge in [-0.1, -0.05) is 73.1 Å². The highest BCUT2D eigenvalue weighted by Crippen LogP contribution is 2.36. The molecule has 0 heterocycles. The third-order valence-corrected chi connectivity index (χ3v) is 8.41. The fraction of sp³-hybridized carbons (Fsp3) is 0.605. The number of aliphatic imine (C=N–C) groups is 2. The lowest BCUT2D eigenvalue weighted by Crippen LogP contribution is -2.12. The van der Waals surface area contributed by atoms with Crippen LogP contribution in [0.15, 0.2) is 34.3 Å². The average molecular weight is 623 g/mol. The van der Waals surface area contributed by atoms with Gasteiger partial charge in [-0.05, 0) is 61.6 Å². The number of nitrogens with zero attached hydrogens (tertiary/aromatic N) is 2. The standard InChI is InChI=1S/C38H58N2O5/c1-9-13-17-30(16-11-3)25-39-33-23-37(35(42-7)21-29(33)6)44-19-15-20-45-38-24-34(32(27-41)22-36(38)43-8)40-26-31(18-14-10-2)28(5)12-4/h21-28,30-31H,9-20H2,1-8H3. The zero-order valence-corrected chi connectivity index (χ0v) is 29.2. The van der Waals surface area contributed by atoms with Crippen molar-refractivity contribution < 1.29 is 23.7 Å². The van der Waals surface area contributed by atoms with Gasteiger partial charge in [0.2, 0.25) is 0 Å². The van der Waals surface area contributed by atoms with Crippen molar-refractivity contribution in [1.82, 2.24) is 0 Å². The van der Waals surface area contributed by atoms with Crippen LogP contribution < -0.4 is 18.9 Å². The van der Waals surface area contributed by atoms with E-state index in [1.54, 1.807) is 26.4 Å². The average Bonchev–Trinajstić information content (AvgIpc) is 3.06. The van der Waals surface area contributed by atoms with Crippen LogP contribution in [0.1, 0.15) is 115 Å². The molecule has 0 amide bonds. The third-order valence-electron chi connectivity index (χ3n) is 8.41. The molecule has 3 unspecified atom stereocenters. The van der Waals surface area contributed by atoms with Crippen molar-refractivity contribution in [2.75, 3.05) is 27.4 Å². The molecule has 7 heteroatoms. The smallest absolute Gasteiger partial charge is 0.163 e. The Hall–Kier alpha value is -3.35. The van der Waals surface area contributed by atoms with Crippen molar-refractivity contribution in [1.29, 1.82) is 0 Å². The summed E-state index contributed by atoms with van der Waals surface area (Å²) >= 11 is 0. The van der Waals surface area contributed by atoms with Crippen LogP contribution >= 0.6 is 0 Å². The van der Waals surface area contributed by atoms with Crippen LogP contribution in [-0.2, 0) is 0 Å². The lowest BCUT2D eigenvalue weighted by Gasteiger charge is -2.19. The molecule has 0 aliphatic rings. The van der Waals surface area contributed by atoms with Crippen molar-refractivity contribution in [3.05, 3.63) is 35.4 Å². The fourth-order valence-corrected chi connectivity index (χ4v) is 5.27. The Labute approximate surface area is 272 Å². The number of aryl methyl sites for hydroxylation is 1. The second-order valence-electron chi connectivity index (χ2n) is 12.0. The van der Waals surface area contributed by atoms with Crippen LogP contribution in [0.5, 0.6) is 23.0 Å². The molecule has 2 aromatic rings. The van der Waals surface area contributed by atoms with E-state index in [4.69, 9.17) is 28.9 Å². The van der Waals surface area contributed by atoms with Gasteiger partial charge in [-0.25, -0.2) is 0 Å². The number of unbranched alkanes of at least 4 members (excludes halogenated alkanes) is 2. The van der Waals surface area contributed by atoms with Crippen molar-refractivity contribution in [2.24, 2.45) is 27.7 Å². The molecule has 0 saturated carbocycles. The summed E-state index contributed by atoms with van der Waals surface area (Å²) in [6, 6.07) is 7.44. The molecule has 0 aliphatic heterocycles. The van der Waals surface area contributed by atoms with Gasteiger partial charge in [0.25, 0.3) is 0 Å². The van der Waals surface area contributed by atoms with Crippen LogP contribution in [0, 0.1) is 24.7 Å². The number of rotatable bonds is 23. The highest BCUT2D eigenvalue weighted by molar-refractivity contribution is 5.86.